The fourth-order valence-corrected chi connectivity index (χ4v) is 2.92. The van der Waals surface area contributed by atoms with Gasteiger partial charge in [-0.2, -0.15) is 0 Å². The minimum absolute atomic E-state index is 0.225. The van der Waals surface area contributed by atoms with Gasteiger partial charge in [-0.05, 0) is 37.3 Å². The summed E-state index contributed by atoms with van der Waals surface area (Å²) in [5, 5.41) is 0. The van der Waals surface area contributed by atoms with Gasteiger partial charge in [-0.25, -0.2) is 0 Å². The number of rotatable bonds is 1. The number of hydrogen-bond acceptors (Lipinski definition) is 1. The van der Waals surface area contributed by atoms with Crippen LogP contribution in [0.5, 0.6) is 0 Å². The number of piperidine rings is 1. The van der Waals surface area contributed by atoms with Gasteiger partial charge in [-0.15, -0.1) is 0 Å². The number of likely N-dealkylation sites (tertiary alicyclic amines) is 1. The van der Waals surface area contributed by atoms with E-state index in [1.165, 1.54) is 19.3 Å². The predicted octanol–water partition coefficient (Wildman–Crippen LogP) is 2.31. The molecule has 2 atom stereocenters. The van der Waals surface area contributed by atoms with Crippen LogP contribution in [0.2, 0.25) is 0 Å². The zero-order valence-corrected chi connectivity index (χ0v) is 8.73. The molecule has 1 aromatic carbocycles. The average molecular weight is 201 g/mol. The molecule has 1 aromatic rings. The van der Waals surface area contributed by atoms with E-state index < -0.39 is 0 Å². The molecule has 2 unspecified atom stereocenters. The van der Waals surface area contributed by atoms with E-state index in [-0.39, 0.29) is 5.91 Å². The molecular formula is C13H15NO. The molecule has 2 nitrogen and oxygen atoms in total. The van der Waals surface area contributed by atoms with Gasteiger partial charge in [0.25, 0.3) is 5.91 Å². The third-order valence-corrected chi connectivity index (χ3v) is 3.69. The molecule has 15 heavy (non-hydrogen) atoms. The molecule has 2 aliphatic rings. The molecule has 1 saturated heterocycles. The third-order valence-electron chi connectivity index (χ3n) is 3.69. The number of benzene rings is 1. The number of fused-ring (bicyclic) bond motifs is 2. The molecule has 0 aromatic heterocycles. The first-order valence-corrected chi connectivity index (χ1v) is 5.70. The summed E-state index contributed by atoms with van der Waals surface area (Å²) >= 11 is 0. The standard InChI is InChI=1S/C13H15NO/c15-13(11-4-2-1-3-5-11)14-9-10-6-7-12(14)8-10/h1-5,10,12H,6-9H2. The molecular weight excluding hydrogens is 186 g/mol. The lowest BCUT2D eigenvalue weighted by atomic mass is 10.1. The minimum Gasteiger partial charge on any atom is -0.335 e. The van der Waals surface area contributed by atoms with Crippen LogP contribution in [0.4, 0.5) is 0 Å². The Morgan fingerprint density at radius 1 is 1.20 bits per heavy atom. The van der Waals surface area contributed by atoms with Crippen LogP contribution in [0.3, 0.4) is 0 Å². The van der Waals surface area contributed by atoms with Crippen LogP contribution in [-0.2, 0) is 0 Å². The smallest absolute Gasteiger partial charge is 0.254 e. The van der Waals surface area contributed by atoms with Gasteiger partial charge < -0.3 is 4.90 Å². The maximum absolute atomic E-state index is 12.2. The van der Waals surface area contributed by atoms with Gasteiger partial charge in [0, 0.05) is 18.2 Å². The Morgan fingerprint density at radius 2 is 2.00 bits per heavy atom. The topological polar surface area (TPSA) is 20.3 Å². The summed E-state index contributed by atoms with van der Waals surface area (Å²) in [5.41, 5.74) is 0.838. The van der Waals surface area contributed by atoms with Crippen LogP contribution in [0.25, 0.3) is 0 Å². The second kappa shape index (κ2) is 3.37. The highest BCUT2D eigenvalue weighted by atomic mass is 16.2. The lowest BCUT2D eigenvalue weighted by Gasteiger charge is -2.27. The van der Waals surface area contributed by atoms with Gasteiger partial charge in [0.05, 0.1) is 0 Å². The van der Waals surface area contributed by atoms with Crippen molar-refractivity contribution in [2.24, 2.45) is 5.92 Å². The normalized spacial score (nSPS) is 28.4. The first kappa shape index (κ1) is 8.96. The van der Waals surface area contributed by atoms with E-state index in [9.17, 15) is 4.79 Å². The molecule has 1 amide bonds. The van der Waals surface area contributed by atoms with Crippen molar-refractivity contribution in [1.29, 1.82) is 0 Å². The average Bonchev–Trinajstić information content (AvgIpc) is 2.91. The van der Waals surface area contributed by atoms with Crippen molar-refractivity contribution in [3.63, 3.8) is 0 Å². The van der Waals surface area contributed by atoms with Crippen molar-refractivity contribution in [2.75, 3.05) is 6.54 Å². The van der Waals surface area contributed by atoms with Crippen molar-refractivity contribution in [3.05, 3.63) is 35.9 Å². The maximum Gasteiger partial charge on any atom is 0.254 e. The fraction of sp³-hybridized carbons (Fsp3) is 0.462. The summed E-state index contributed by atoms with van der Waals surface area (Å²) in [4.78, 5) is 14.2. The monoisotopic (exact) mass is 201 g/mol. The molecule has 0 radical (unpaired) electrons. The first-order chi connectivity index (χ1) is 7.34. The minimum atomic E-state index is 0.225. The summed E-state index contributed by atoms with van der Waals surface area (Å²) in [6.45, 7) is 0.985. The Balaban J connectivity index is 1.81. The van der Waals surface area contributed by atoms with E-state index in [0.717, 1.165) is 18.0 Å². The number of carbonyl (C=O) groups is 1. The van der Waals surface area contributed by atoms with Crippen LogP contribution in [0.1, 0.15) is 29.6 Å². The molecule has 3 rings (SSSR count). The molecule has 1 heterocycles. The van der Waals surface area contributed by atoms with Crippen LogP contribution in [-0.4, -0.2) is 23.4 Å². The van der Waals surface area contributed by atoms with Crippen molar-refractivity contribution < 1.29 is 4.79 Å². The van der Waals surface area contributed by atoms with Gasteiger partial charge in [0.1, 0.15) is 0 Å². The van der Waals surface area contributed by atoms with Crippen LogP contribution < -0.4 is 0 Å². The number of hydrogen-bond donors (Lipinski definition) is 0. The fourth-order valence-electron chi connectivity index (χ4n) is 2.92. The molecule has 78 valence electrons. The Morgan fingerprint density at radius 3 is 2.60 bits per heavy atom. The predicted molar refractivity (Wildman–Crippen MR) is 58.6 cm³/mol. The van der Waals surface area contributed by atoms with E-state index in [2.05, 4.69) is 4.90 Å². The highest BCUT2D eigenvalue weighted by Crippen LogP contribution is 2.37. The van der Waals surface area contributed by atoms with E-state index in [4.69, 9.17) is 0 Å². The van der Waals surface area contributed by atoms with E-state index in [1.807, 2.05) is 30.3 Å². The quantitative estimate of drug-likeness (QED) is 0.682. The van der Waals surface area contributed by atoms with Crippen LogP contribution in [0.15, 0.2) is 30.3 Å². The van der Waals surface area contributed by atoms with E-state index >= 15 is 0 Å². The Hall–Kier alpha value is -1.31. The highest BCUT2D eigenvalue weighted by Gasteiger charge is 2.40. The number of amides is 1. The molecule has 2 bridgehead atoms. The van der Waals surface area contributed by atoms with Gasteiger partial charge >= 0.3 is 0 Å². The Bertz CT molecular complexity index is 373. The van der Waals surface area contributed by atoms with Crippen LogP contribution in [0, 0.1) is 5.92 Å². The lowest BCUT2D eigenvalue weighted by Crippen LogP contribution is -2.37. The second-order valence-electron chi connectivity index (χ2n) is 4.66. The summed E-state index contributed by atoms with van der Waals surface area (Å²) < 4.78 is 0. The largest absolute Gasteiger partial charge is 0.335 e. The van der Waals surface area contributed by atoms with Crippen molar-refractivity contribution >= 4 is 5.91 Å². The Kier molecular flexibility index (Phi) is 2.01. The zero-order valence-electron chi connectivity index (χ0n) is 8.73. The molecule has 1 aliphatic carbocycles. The van der Waals surface area contributed by atoms with Crippen molar-refractivity contribution in [3.8, 4) is 0 Å². The van der Waals surface area contributed by atoms with Gasteiger partial charge in [0.2, 0.25) is 0 Å². The Labute approximate surface area is 89.9 Å². The maximum atomic E-state index is 12.2. The van der Waals surface area contributed by atoms with E-state index in [1.54, 1.807) is 0 Å². The zero-order chi connectivity index (χ0) is 10.3. The molecule has 1 aliphatic heterocycles. The number of nitrogens with zero attached hydrogens (tertiary/aromatic N) is 1. The van der Waals surface area contributed by atoms with Crippen molar-refractivity contribution in [1.82, 2.24) is 4.90 Å². The summed E-state index contributed by atoms with van der Waals surface area (Å²) in [6, 6.07) is 10.2. The summed E-state index contributed by atoms with van der Waals surface area (Å²) in [5.74, 6) is 1.01. The lowest BCUT2D eigenvalue weighted by molar-refractivity contribution is 0.0703. The second-order valence-corrected chi connectivity index (χ2v) is 4.66. The van der Waals surface area contributed by atoms with Gasteiger partial charge in [0.15, 0.2) is 0 Å². The molecule has 1 saturated carbocycles. The highest BCUT2D eigenvalue weighted by molar-refractivity contribution is 5.94. The van der Waals surface area contributed by atoms with Gasteiger partial charge in [-0.3, -0.25) is 4.79 Å². The third kappa shape index (κ3) is 1.44. The first-order valence-electron chi connectivity index (χ1n) is 5.70. The SMILES string of the molecule is O=C(c1ccccc1)N1CC2CCC1C2. The van der Waals surface area contributed by atoms with Crippen LogP contribution >= 0.6 is 0 Å². The van der Waals surface area contributed by atoms with Crippen molar-refractivity contribution in [2.45, 2.75) is 25.3 Å². The number of carbonyl (C=O) groups excluding carboxylic acids is 1. The van der Waals surface area contributed by atoms with Gasteiger partial charge in [-0.1, -0.05) is 18.2 Å². The summed E-state index contributed by atoms with van der Waals surface area (Å²) in [7, 11) is 0. The molecule has 0 N–H and O–H groups in total. The summed E-state index contributed by atoms with van der Waals surface area (Å²) in [6.07, 6.45) is 3.77. The molecule has 0 spiro atoms. The molecule has 2 heteroatoms. The van der Waals surface area contributed by atoms with E-state index in [0.29, 0.717) is 6.04 Å². The molecule has 2 fully saturated rings.